The first-order chi connectivity index (χ1) is 29.9. The Morgan fingerprint density at radius 2 is 1.56 bits per heavy atom. The fourth-order valence-electron chi connectivity index (χ4n) is 6.86. The van der Waals surface area contributed by atoms with Crippen LogP contribution in [0.4, 0.5) is 4.79 Å². The molecule has 3 unspecified atom stereocenters. The van der Waals surface area contributed by atoms with Gasteiger partial charge in [0.1, 0.15) is 18.4 Å². The lowest BCUT2D eigenvalue weighted by Crippen LogP contribution is -2.42. The molecule has 342 valence electrons. The van der Waals surface area contributed by atoms with Crippen LogP contribution in [0.1, 0.15) is 90.5 Å². The fourth-order valence-corrected chi connectivity index (χ4v) is 6.86. The summed E-state index contributed by atoms with van der Waals surface area (Å²) in [4.78, 5) is 58.1. The average molecular weight is 863 g/mol. The minimum atomic E-state index is -1.02. The highest BCUT2D eigenvalue weighted by atomic mass is 16.7. The van der Waals surface area contributed by atoms with Gasteiger partial charge in [-0.1, -0.05) is 83.1 Å². The highest BCUT2D eigenvalue weighted by Gasteiger charge is 2.30. The number of aromatic nitrogens is 4. The third-order valence-corrected chi connectivity index (χ3v) is 10.4. The largest absolute Gasteiger partial charge is 0.465 e. The first kappa shape index (κ1) is 52.7. The van der Waals surface area contributed by atoms with Crippen molar-refractivity contribution in [2.75, 3.05) is 40.5 Å². The maximum atomic E-state index is 11.6. The van der Waals surface area contributed by atoms with Crippen molar-refractivity contribution in [3.63, 3.8) is 0 Å². The van der Waals surface area contributed by atoms with E-state index in [-0.39, 0.29) is 30.6 Å². The van der Waals surface area contributed by atoms with Gasteiger partial charge in [-0.15, -0.1) is 0 Å². The van der Waals surface area contributed by atoms with Crippen molar-refractivity contribution in [1.82, 2.24) is 35.5 Å². The van der Waals surface area contributed by atoms with Crippen LogP contribution in [-0.4, -0.2) is 115 Å². The van der Waals surface area contributed by atoms with Gasteiger partial charge in [-0.3, -0.25) is 9.59 Å². The molecule has 1 aliphatic rings. The van der Waals surface area contributed by atoms with Crippen LogP contribution in [0, 0.1) is 11.8 Å². The third kappa shape index (κ3) is 17.2. The summed E-state index contributed by atoms with van der Waals surface area (Å²) in [6, 6.07) is 16.4. The fraction of sp³-hybridized carbons (Fsp3) is 0.522. The number of ether oxygens (including phenoxy) is 3. The molecule has 0 aliphatic carbocycles. The van der Waals surface area contributed by atoms with Crippen LogP contribution in [-0.2, 0) is 41.6 Å². The molecule has 0 spiro atoms. The molecule has 5 rings (SSSR count). The van der Waals surface area contributed by atoms with Crippen LogP contribution in [0.3, 0.4) is 0 Å². The predicted octanol–water partition coefficient (Wildman–Crippen LogP) is 6.78. The molecular formula is C46H70N8O8. The highest BCUT2D eigenvalue weighted by Crippen LogP contribution is 2.32. The molecule has 7 N–H and O–H groups in total. The van der Waals surface area contributed by atoms with E-state index in [2.05, 4.69) is 95.6 Å². The number of carbonyl (C=O) groups excluding carboxylic acids is 3. The molecule has 1 aliphatic heterocycles. The van der Waals surface area contributed by atoms with E-state index in [1.807, 2.05) is 40.8 Å². The smallest absolute Gasteiger partial charge is 0.404 e. The Labute approximate surface area is 367 Å². The number of nitrogens with zero attached hydrogens (tertiary/aromatic N) is 3. The number of imidazole rings is 2. The highest BCUT2D eigenvalue weighted by molar-refractivity contribution is 5.72. The van der Waals surface area contributed by atoms with Crippen LogP contribution in [0.25, 0.3) is 33.6 Å². The zero-order valence-corrected chi connectivity index (χ0v) is 37.8. The molecule has 3 atom stereocenters. The molecule has 62 heavy (non-hydrogen) atoms. The van der Waals surface area contributed by atoms with Crippen LogP contribution in [0.15, 0.2) is 54.7 Å². The Morgan fingerprint density at radius 1 is 0.984 bits per heavy atom. The normalized spacial score (nSPS) is 13.9. The SMILES string of the molecule is C=O.CCCN(C=O)Cc1nc(-c2ccc(-c3ccc(-c4cnc(C(CCCNC)C(NC(=O)O)C(C)C)[nH]4)cc3)cc2)c(CC2OCCCO2)[nH]1.COC(C)C(C)C.NC=O. The van der Waals surface area contributed by atoms with Gasteiger partial charge in [-0.25, -0.2) is 14.8 Å². The maximum Gasteiger partial charge on any atom is 0.404 e. The monoisotopic (exact) mass is 863 g/mol. The molecule has 2 aromatic carbocycles. The summed E-state index contributed by atoms with van der Waals surface area (Å²) in [6.45, 7) is 17.7. The van der Waals surface area contributed by atoms with Gasteiger partial charge >= 0.3 is 6.09 Å². The molecule has 3 amide bonds. The number of hydrogen-bond donors (Lipinski definition) is 6. The number of amides is 3. The number of primary amides is 1. The first-order valence-corrected chi connectivity index (χ1v) is 21.3. The number of carboxylic acid groups (broad SMARTS) is 1. The number of benzene rings is 2. The Balaban J connectivity index is 0.000000979. The summed E-state index contributed by atoms with van der Waals surface area (Å²) < 4.78 is 16.7. The summed E-state index contributed by atoms with van der Waals surface area (Å²) in [6.07, 6.45) is 6.00. The van der Waals surface area contributed by atoms with Crippen molar-refractivity contribution in [2.45, 2.75) is 105 Å². The minimum Gasteiger partial charge on any atom is -0.465 e. The van der Waals surface area contributed by atoms with E-state index in [9.17, 15) is 14.7 Å². The minimum absolute atomic E-state index is 0.0832. The maximum absolute atomic E-state index is 11.6. The summed E-state index contributed by atoms with van der Waals surface area (Å²) >= 11 is 0. The number of nitrogens with one attached hydrogen (secondary N) is 4. The molecule has 0 radical (unpaired) electrons. The molecule has 16 nitrogen and oxygen atoms in total. The number of nitrogens with two attached hydrogens (primary N) is 1. The van der Waals surface area contributed by atoms with E-state index < -0.39 is 6.09 Å². The molecule has 3 heterocycles. The standard InChI is InChI=1S/C38H51N7O5.C6H14O.CH3NO.CH2O/c1-5-18-45(24-46)23-33-41-31(21-34-49-19-7-20-50-34)36(43-33)29-15-11-27(12-16-29)26-9-13-28(14-10-26)32-22-40-37(42-32)30(8-6-17-39-4)35(25(2)3)44-38(47)48;1-5(2)6(3)7-4;2-1-3;1-2/h9-16,22,24-25,30,34-35,39,44H,5-8,17-21,23H2,1-4H3,(H,40,42)(H,41,43)(H,47,48);5-6H,1-4H3;1H,(H2,2,3);1H2. The number of aromatic amines is 2. The molecule has 1 saturated heterocycles. The van der Waals surface area contributed by atoms with Crippen molar-refractivity contribution in [1.29, 1.82) is 0 Å². The van der Waals surface area contributed by atoms with Gasteiger partial charge in [0.05, 0.1) is 43.4 Å². The van der Waals surface area contributed by atoms with Crippen LogP contribution in [0.2, 0.25) is 0 Å². The molecule has 0 bridgehead atoms. The molecule has 2 aromatic heterocycles. The second kappa shape index (κ2) is 29.0. The van der Waals surface area contributed by atoms with Crippen molar-refractivity contribution >= 4 is 25.7 Å². The van der Waals surface area contributed by atoms with Crippen LogP contribution in [0.5, 0.6) is 0 Å². The molecule has 0 saturated carbocycles. The van der Waals surface area contributed by atoms with Crippen molar-refractivity contribution in [3.8, 4) is 33.6 Å². The lowest BCUT2D eigenvalue weighted by molar-refractivity contribution is -0.177. The topological polar surface area (TPSA) is 227 Å². The van der Waals surface area contributed by atoms with Gasteiger partial charge in [-0.05, 0) is 74.7 Å². The number of hydrogen-bond acceptors (Lipinski definition) is 10. The van der Waals surface area contributed by atoms with E-state index in [1.165, 1.54) is 0 Å². The Kier molecular flexibility index (Phi) is 24.6. The molecular weight excluding hydrogens is 793 g/mol. The van der Waals surface area contributed by atoms with Gasteiger partial charge in [0, 0.05) is 43.3 Å². The van der Waals surface area contributed by atoms with Gasteiger partial charge in [-0.2, -0.15) is 0 Å². The van der Waals surface area contributed by atoms with E-state index in [0.717, 1.165) is 89.6 Å². The average Bonchev–Trinajstić information content (AvgIpc) is 3.93. The zero-order chi connectivity index (χ0) is 46.0. The third-order valence-electron chi connectivity index (χ3n) is 10.4. The van der Waals surface area contributed by atoms with Gasteiger partial charge < -0.3 is 55.3 Å². The molecule has 16 heteroatoms. The molecule has 4 aromatic rings. The van der Waals surface area contributed by atoms with E-state index in [1.54, 1.807) is 12.0 Å². The quantitative estimate of drug-likeness (QED) is 0.0401. The van der Waals surface area contributed by atoms with Crippen LogP contribution >= 0.6 is 0 Å². The van der Waals surface area contributed by atoms with Crippen LogP contribution < -0.4 is 16.4 Å². The first-order valence-electron chi connectivity index (χ1n) is 21.3. The Bertz CT molecular complexity index is 1840. The summed E-state index contributed by atoms with van der Waals surface area (Å²) in [5.41, 5.74) is 10.9. The number of H-pyrrole nitrogens is 2. The summed E-state index contributed by atoms with van der Waals surface area (Å²) in [7, 11) is 3.66. The van der Waals surface area contributed by atoms with E-state index in [0.29, 0.717) is 44.7 Å². The van der Waals surface area contributed by atoms with Gasteiger partial charge in [0.15, 0.2) is 6.29 Å². The van der Waals surface area contributed by atoms with Gasteiger partial charge in [0.2, 0.25) is 12.8 Å². The van der Waals surface area contributed by atoms with E-state index in [4.69, 9.17) is 33.8 Å². The van der Waals surface area contributed by atoms with E-state index >= 15 is 0 Å². The van der Waals surface area contributed by atoms with Crippen molar-refractivity contribution < 1.29 is 38.5 Å². The van der Waals surface area contributed by atoms with Gasteiger partial charge in [0.25, 0.3) is 0 Å². The number of methoxy groups -OCH3 is 1. The Hall–Kier alpha value is -5.42. The van der Waals surface area contributed by atoms with Crippen molar-refractivity contribution in [3.05, 3.63) is 72.1 Å². The second-order valence-electron chi connectivity index (χ2n) is 15.5. The number of rotatable bonds is 20. The lowest BCUT2D eigenvalue weighted by atomic mass is 9.86. The molecule has 1 fully saturated rings. The van der Waals surface area contributed by atoms with Crippen molar-refractivity contribution in [2.24, 2.45) is 17.6 Å². The Morgan fingerprint density at radius 3 is 2.05 bits per heavy atom. The summed E-state index contributed by atoms with van der Waals surface area (Å²) in [5, 5.41) is 15.4. The predicted molar refractivity (Wildman–Crippen MR) is 242 cm³/mol. The second-order valence-corrected chi connectivity index (χ2v) is 15.5. The zero-order valence-electron chi connectivity index (χ0n) is 37.8. The number of carbonyl (C=O) groups is 4. The lowest BCUT2D eigenvalue weighted by Gasteiger charge is -2.29. The summed E-state index contributed by atoms with van der Waals surface area (Å²) in [5.74, 6) is 2.18.